The first-order valence-electron chi connectivity index (χ1n) is 19.3. The second-order valence-electron chi connectivity index (χ2n) is 14.1. The highest BCUT2D eigenvalue weighted by Crippen LogP contribution is 2.34. The van der Waals surface area contributed by atoms with Gasteiger partial charge < -0.3 is 47.9 Å². The van der Waals surface area contributed by atoms with E-state index in [4.69, 9.17) is 40.0 Å². The molecule has 57 heavy (non-hydrogen) atoms. The molecule has 2 aliphatic heterocycles. The molecule has 0 aromatic heterocycles. The summed E-state index contributed by atoms with van der Waals surface area (Å²) in [6.07, 6.45) is 0.749. The number of hydrogen-bond donors (Lipinski definition) is 0. The molecule has 2 aromatic rings. The van der Waals surface area contributed by atoms with E-state index in [0.29, 0.717) is 43.9 Å². The maximum Gasteiger partial charge on any atom is 0.306 e. The van der Waals surface area contributed by atoms with Crippen LogP contribution in [-0.2, 0) is 44.8 Å². The number of halogens is 1. The summed E-state index contributed by atoms with van der Waals surface area (Å²) in [7, 11) is 1.67. The van der Waals surface area contributed by atoms with E-state index in [1.165, 1.54) is 4.90 Å². The lowest BCUT2D eigenvalue weighted by Gasteiger charge is -2.44. The van der Waals surface area contributed by atoms with Crippen LogP contribution in [0.5, 0.6) is 11.5 Å². The molecule has 1 amide bonds. The van der Waals surface area contributed by atoms with Crippen molar-refractivity contribution in [2.45, 2.75) is 94.9 Å². The van der Waals surface area contributed by atoms with Gasteiger partial charge in [0.25, 0.3) is 10.2 Å². The number of methoxy groups -OCH3 is 1. The van der Waals surface area contributed by atoms with Gasteiger partial charge in [-0.3, -0.25) is 9.59 Å². The number of amides is 1. The lowest BCUT2D eigenvalue weighted by molar-refractivity contribution is -0.757. The van der Waals surface area contributed by atoms with E-state index in [0.717, 1.165) is 42.3 Å². The summed E-state index contributed by atoms with van der Waals surface area (Å²) in [5, 5.41) is 20.1. The van der Waals surface area contributed by atoms with Gasteiger partial charge in [-0.15, -0.1) is 20.2 Å². The number of esters is 1. The van der Waals surface area contributed by atoms with Crippen molar-refractivity contribution in [2.24, 2.45) is 0 Å². The Kier molecular flexibility index (Phi) is 17.0. The predicted octanol–water partition coefficient (Wildman–Crippen LogP) is 4.97. The van der Waals surface area contributed by atoms with Crippen LogP contribution in [-0.4, -0.2) is 117 Å². The zero-order valence-electron chi connectivity index (χ0n) is 32.0. The largest absolute Gasteiger partial charge is 0.490 e. The molecule has 3 atom stereocenters. The van der Waals surface area contributed by atoms with Gasteiger partial charge in [0.1, 0.15) is 36.4 Å². The van der Waals surface area contributed by atoms with Crippen LogP contribution in [0, 0.1) is 20.2 Å². The van der Waals surface area contributed by atoms with E-state index in [2.05, 4.69) is 14.6 Å². The molecular weight excluding hydrogens is 772 g/mol. The van der Waals surface area contributed by atoms with Crippen LogP contribution >= 0.6 is 11.6 Å². The first-order valence-corrected chi connectivity index (χ1v) is 19.7. The Labute approximate surface area is 335 Å². The van der Waals surface area contributed by atoms with E-state index in [9.17, 15) is 29.8 Å². The van der Waals surface area contributed by atoms with Crippen LogP contribution in [0.1, 0.15) is 63.4 Å². The van der Waals surface area contributed by atoms with E-state index in [1.807, 2.05) is 30.3 Å². The van der Waals surface area contributed by atoms with Crippen molar-refractivity contribution < 1.29 is 57.9 Å². The molecule has 2 fully saturated rings. The van der Waals surface area contributed by atoms with Crippen molar-refractivity contribution in [1.29, 1.82) is 0 Å². The SMILES string of the molecule is COCCCN1CCOc2ccc(COC3CN(C(=O)CCCO[N+](=O)[O-])CC(OC(=O)CCCO[N+](=O)[O-])C3OC3CCC(Oc4ccc(Cl)cc4)CC3)cc21. The Morgan fingerprint density at radius 3 is 2.26 bits per heavy atom. The van der Waals surface area contributed by atoms with Crippen LogP contribution in [0.2, 0.25) is 5.02 Å². The molecule has 0 spiro atoms. The number of carbonyl (C=O) groups excluding carboxylic acids is 2. The highest BCUT2D eigenvalue weighted by atomic mass is 35.5. The van der Waals surface area contributed by atoms with E-state index in [-0.39, 0.29) is 76.7 Å². The minimum absolute atomic E-state index is 0.0156. The van der Waals surface area contributed by atoms with Crippen molar-refractivity contribution in [3.8, 4) is 11.5 Å². The van der Waals surface area contributed by atoms with Crippen LogP contribution in [0.4, 0.5) is 5.69 Å². The maximum atomic E-state index is 13.5. The number of rotatable bonds is 22. The topological polar surface area (TPSA) is 201 Å². The van der Waals surface area contributed by atoms with Gasteiger partial charge in [0, 0.05) is 44.7 Å². The molecule has 0 N–H and O–H groups in total. The van der Waals surface area contributed by atoms with Crippen LogP contribution < -0.4 is 14.4 Å². The molecule has 19 heteroatoms. The monoisotopic (exact) mass is 822 g/mol. The Balaban J connectivity index is 1.32. The van der Waals surface area contributed by atoms with E-state index in [1.54, 1.807) is 19.2 Å². The van der Waals surface area contributed by atoms with Gasteiger partial charge in [-0.1, -0.05) is 17.7 Å². The van der Waals surface area contributed by atoms with Crippen molar-refractivity contribution in [3.05, 3.63) is 73.3 Å². The lowest BCUT2D eigenvalue weighted by atomic mass is 9.93. The molecule has 3 aliphatic rings. The molecule has 2 heterocycles. The number of hydrogen-bond acceptors (Lipinski definition) is 15. The van der Waals surface area contributed by atoms with Crippen molar-refractivity contribution in [1.82, 2.24) is 4.90 Å². The molecule has 314 valence electrons. The third-order valence-corrected chi connectivity index (χ3v) is 10.2. The zero-order valence-corrected chi connectivity index (χ0v) is 32.8. The van der Waals surface area contributed by atoms with Gasteiger partial charge in [0.15, 0.2) is 0 Å². The number of benzene rings is 2. The summed E-state index contributed by atoms with van der Waals surface area (Å²) in [5.41, 5.74) is 1.79. The number of anilines is 1. The summed E-state index contributed by atoms with van der Waals surface area (Å²) >= 11 is 6.04. The smallest absolute Gasteiger partial charge is 0.306 e. The molecule has 0 radical (unpaired) electrons. The standard InChI is InChI=1S/C38H51ClN4O14/c1-50-19-4-17-40-18-22-51-33-16-7-27(23-32(33)40)26-52-34-24-41(36(44)5-2-20-53-42(46)47)25-35(57-37(45)6-3-21-54-43(48)49)38(34)56-31-14-12-30(13-15-31)55-29-10-8-28(39)9-11-29/h7-11,16,23,30-31,34-35,38H,2-6,12-15,17-22,24-26H2,1H3. The summed E-state index contributed by atoms with van der Waals surface area (Å²) < 4.78 is 36.7. The van der Waals surface area contributed by atoms with Crippen LogP contribution in [0.15, 0.2) is 42.5 Å². The normalized spacial score (nSPS) is 21.8. The minimum atomic E-state index is -0.956. The van der Waals surface area contributed by atoms with Crippen molar-refractivity contribution >= 4 is 29.2 Å². The van der Waals surface area contributed by atoms with Crippen LogP contribution in [0.3, 0.4) is 0 Å². The quantitative estimate of drug-likeness (QED) is 0.0667. The van der Waals surface area contributed by atoms with E-state index < -0.39 is 34.5 Å². The molecular formula is C38H51ClN4O14. The molecule has 0 bridgehead atoms. The average molecular weight is 823 g/mol. The molecule has 18 nitrogen and oxygen atoms in total. The number of fused-ring (bicyclic) bond motifs is 1. The zero-order chi connectivity index (χ0) is 40.6. The van der Waals surface area contributed by atoms with Crippen LogP contribution in [0.25, 0.3) is 0 Å². The summed E-state index contributed by atoms with van der Waals surface area (Å²) in [6.45, 7) is 2.40. The van der Waals surface area contributed by atoms with Gasteiger partial charge in [-0.25, -0.2) is 0 Å². The molecule has 3 unspecified atom stereocenters. The Morgan fingerprint density at radius 1 is 0.877 bits per heavy atom. The third-order valence-electron chi connectivity index (χ3n) is 9.93. The van der Waals surface area contributed by atoms with Gasteiger partial charge >= 0.3 is 5.97 Å². The third kappa shape index (κ3) is 14.0. The summed E-state index contributed by atoms with van der Waals surface area (Å²) in [6, 6.07) is 13.0. The predicted molar refractivity (Wildman–Crippen MR) is 203 cm³/mol. The Hall–Kier alpha value is -4.65. The fourth-order valence-electron chi connectivity index (χ4n) is 7.15. The first-order chi connectivity index (χ1) is 27.6. The van der Waals surface area contributed by atoms with Gasteiger partial charge in [0.2, 0.25) is 5.91 Å². The maximum absolute atomic E-state index is 13.5. The molecule has 1 saturated carbocycles. The van der Waals surface area contributed by atoms with Gasteiger partial charge in [-0.2, -0.15) is 0 Å². The highest BCUT2D eigenvalue weighted by Gasteiger charge is 2.44. The summed E-state index contributed by atoms with van der Waals surface area (Å²) in [4.78, 5) is 60.4. The van der Waals surface area contributed by atoms with Crippen molar-refractivity contribution in [2.75, 3.05) is 64.6 Å². The molecule has 2 aromatic carbocycles. The fraction of sp³-hybridized carbons (Fsp3) is 0.632. The average Bonchev–Trinajstić information content (AvgIpc) is 3.19. The lowest BCUT2D eigenvalue weighted by Crippen LogP contribution is -2.60. The number of nitrogens with zero attached hydrogens (tertiary/aromatic N) is 4. The Morgan fingerprint density at radius 2 is 1.56 bits per heavy atom. The molecule has 1 aliphatic carbocycles. The number of carbonyl (C=O) groups is 2. The Bertz CT molecular complexity index is 1610. The summed E-state index contributed by atoms with van der Waals surface area (Å²) in [5.74, 6) is 0.523. The van der Waals surface area contributed by atoms with E-state index >= 15 is 0 Å². The number of likely N-dealkylation sites (tertiary alicyclic amines) is 1. The van der Waals surface area contributed by atoms with Gasteiger partial charge in [0.05, 0.1) is 50.8 Å². The second-order valence-corrected chi connectivity index (χ2v) is 14.5. The molecule has 5 rings (SSSR count). The minimum Gasteiger partial charge on any atom is -0.490 e. The second kappa shape index (κ2) is 22.3. The fourth-order valence-corrected chi connectivity index (χ4v) is 7.27. The highest BCUT2D eigenvalue weighted by molar-refractivity contribution is 6.30. The molecule has 1 saturated heterocycles. The number of piperidine rings is 1. The van der Waals surface area contributed by atoms with Gasteiger partial charge in [-0.05, 0) is 86.9 Å². The van der Waals surface area contributed by atoms with Crippen molar-refractivity contribution in [3.63, 3.8) is 0 Å². The number of ether oxygens (including phenoxy) is 6. The first kappa shape index (κ1) is 43.5.